The summed E-state index contributed by atoms with van der Waals surface area (Å²) in [6.45, 7) is 2.31. The summed E-state index contributed by atoms with van der Waals surface area (Å²) in [7, 11) is -1.44. The highest BCUT2D eigenvalue weighted by atomic mass is 32.2. The van der Waals surface area contributed by atoms with Crippen molar-refractivity contribution < 1.29 is 8.42 Å². The highest BCUT2D eigenvalue weighted by Gasteiger charge is 2.15. The maximum atomic E-state index is 11.5. The Bertz CT molecular complexity index is 373. The molecule has 2 N–H and O–H groups in total. The van der Waals surface area contributed by atoms with Crippen molar-refractivity contribution >= 4 is 21.4 Å². The molecule has 0 spiro atoms. The number of sulfonamides is 1. The Morgan fingerprint density at radius 1 is 1.53 bits per heavy atom. The molecule has 86 valence electrons. The molecular formula is C9H16N2O2S2. The third-order valence-electron chi connectivity index (χ3n) is 2.02. The Kier molecular flexibility index (Phi) is 4.72. The molecule has 0 aromatic carbocycles. The molecule has 1 rings (SSSR count). The largest absolute Gasteiger partial charge is 0.319 e. The van der Waals surface area contributed by atoms with Crippen LogP contribution in [0.25, 0.3) is 0 Å². The first-order chi connectivity index (χ1) is 7.05. The van der Waals surface area contributed by atoms with Gasteiger partial charge in [-0.15, -0.1) is 0 Å². The van der Waals surface area contributed by atoms with Crippen LogP contribution >= 0.6 is 11.3 Å². The van der Waals surface area contributed by atoms with Crippen LogP contribution in [0, 0.1) is 0 Å². The molecule has 6 heteroatoms. The van der Waals surface area contributed by atoms with E-state index in [1.54, 1.807) is 18.4 Å². The lowest BCUT2D eigenvalue weighted by atomic mass is 10.2. The Balaban J connectivity index is 2.54. The van der Waals surface area contributed by atoms with E-state index in [0.717, 1.165) is 5.56 Å². The highest BCUT2D eigenvalue weighted by Crippen LogP contribution is 2.16. The first-order valence-electron chi connectivity index (χ1n) is 4.72. The van der Waals surface area contributed by atoms with Gasteiger partial charge < -0.3 is 5.32 Å². The van der Waals surface area contributed by atoms with Gasteiger partial charge in [-0.05, 0) is 36.4 Å². The second kappa shape index (κ2) is 5.60. The van der Waals surface area contributed by atoms with E-state index in [4.69, 9.17) is 0 Å². The van der Waals surface area contributed by atoms with Crippen LogP contribution < -0.4 is 10.0 Å². The third-order valence-corrected chi connectivity index (χ3v) is 4.18. The summed E-state index contributed by atoms with van der Waals surface area (Å²) < 4.78 is 25.7. The van der Waals surface area contributed by atoms with Crippen LogP contribution in [0.15, 0.2) is 16.8 Å². The molecule has 1 heterocycles. The number of hydrogen-bond donors (Lipinski definition) is 2. The van der Waals surface area contributed by atoms with E-state index in [-0.39, 0.29) is 11.8 Å². The molecule has 1 unspecified atom stereocenters. The van der Waals surface area contributed by atoms with Crippen molar-refractivity contribution in [1.82, 2.24) is 10.0 Å². The van der Waals surface area contributed by atoms with Gasteiger partial charge in [-0.25, -0.2) is 13.1 Å². The molecule has 0 radical (unpaired) electrons. The molecule has 1 aromatic rings. The van der Waals surface area contributed by atoms with Gasteiger partial charge in [-0.3, -0.25) is 0 Å². The van der Waals surface area contributed by atoms with Gasteiger partial charge in [0.15, 0.2) is 0 Å². The van der Waals surface area contributed by atoms with E-state index in [9.17, 15) is 8.42 Å². The Morgan fingerprint density at radius 2 is 2.27 bits per heavy atom. The van der Waals surface area contributed by atoms with Crippen LogP contribution in [0.5, 0.6) is 0 Å². The molecule has 0 aliphatic carbocycles. The first-order valence-corrected chi connectivity index (χ1v) is 7.31. The smallest absolute Gasteiger partial charge is 0.213 e. The van der Waals surface area contributed by atoms with Gasteiger partial charge in [-0.2, -0.15) is 11.3 Å². The summed E-state index contributed by atoms with van der Waals surface area (Å²) in [6, 6.07) is 1.77. The van der Waals surface area contributed by atoms with Crippen molar-refractivity contribution in [2.75, 3.05) is 19.3 Å². The third kappa shape index (κ3) is 4.29. The molecule has 0 amide bonds. The van der Waals surface area contributed by atoms with Crippen LogP contribution in [0.4, 0.5) is 0 Å². The summed E-state index contributed by atoms with van der Waals surface area (Å²) in [5.74, 6) is 0.109. The van der Waals surface area contributed by atoms with Crippen molar-refractivity contribution in [3.63, 3.8) is 0 Å². The lowest BCUT2D eigenvalue weighted by Crippen LogP contribution is -2.32. The van der Waals surface area contributed by atoms with E-state index in [2.05, 4.69) is 10.0 Å². The van der Waals surface area contributed by atoms with Gasteiger partial charge in [0.05, 0.1) is 5.75 Å². The Hall–Kier alpha value is -0.430. The van der Waals surface area contributed by atoms with Crippen LogP contribution in [0.1, 0.15) is 18.5 Å². The lowest BCUT2D eigenvalue weighted by molar-refractivity contribution is 0.565. The van der Waals surface area contributed by atoms with Gasteiger partial charge >= 0.3 is 0 Å². The van der Waals surface area contributed by atoms with Crippen molar-refractivity contribution in [3.8, 4) is 0 Å². The average molecular weight is 248 g/mol. The number of nitrogens with one attached hydrogen (secondary N) is 2. The predicted molar refractivity (Wildman–Crippen MR) is 63.6 cm³/mol. The van der Waals surface area contributed by atoms with Crippen LogP contribution in [0.2, 0.25) is 0 Å². The zero-order valence-corrected chi connectivity index (χ0v) is 10.5. The lowest BCUT2D eigenvalue weighted by Gasteiger charge is -2.12. The summed E-state index contributed by atoms with van der Waals surface area (Å²) >= 11 is 1.56. The molecule has 0 saturated carbocycles. The van der Waals surface area contributed by atoms with Gasteiger partial charge in [0.2, 0.25) is 10.0 Å². The van der Waals surface area contributed by atoms with Crippen molar-refractivity contribution in [3.05, 3.63) is 22.4 Å². The molecule has 4 nitrogen and oxygen atoms in total. The van der Waals surface area contributed by atoms with Crippen LogP contribution in [0.3, 0.4) is 0 Å². The van der Waals surface area contributed by atoms with Gasteiger partial charge in [0.1, 0.15) is 0 Å². The summed E-state index contributed by atoms with van der Waals surface area (Å²) in [5, 5.41) is 6.70. The van der Waals surface area contributed by atoms with Crippen molar-refractivity contribution in [1.29, 1.82) is 0 Å². The fourth-order valence-corrected chi connectivity index (χ4v) is 3.17. The fraction of sp³-hybridized carbons (Fsp3) is 0.556. The predicted octanol–water partition coefficient (Wildman–Crippen LogP) is 0.948. The zero-order valence-electron chi connectivity index (χ0n) is 8.86. The normalized spacial score (nSPS) is 14.0. The molecule has 1 atom stereocenters. The maximum Gasteiger partial charge on any atom is 0.213 e. The van der Waals surface area contributed by atoms with E-state index in [1.165, 1.54) is 0 Å². The van der Waals surface area contributed by atoms with Crippen LogP contribution in [-0.4, -0.2) is 27.8 Å². The minimum Gasteiger partial charge on any atom is -0.319 e. The maximum absolute atomic E-state index is 11.5. The summed E-state index contributed by atoms with van der Waals surface area (Å²) in [5.41, 5.74) is 1.01. The second-order valence-electron chi connectivity index (χ2n) is 3.32. The average Bonchev–Trinajstić information content (AvgIpc) is 2.67. The number of thiophene rings is 1. The molecule has 0 bridgehead atoms. The molecule has 0 saturated heterocycles. The molecule has 0 aliphatic heterocycles. The Labute approximate surface area is 94.8 Å². The highest BCUT2D eigenvalue weighted by molar-refractivity contribution is 7.89. The van der Waals surface area contributed by atoms with E-state index in [1.807, 2.05) is 23.8 Å². The quantitative estimate of drug-likeness (QED) is 0.788. The topological polar surface area (TPSA) is 58.2 Å². The number of hydrogen-bond acceptors (Lipinski definition) is 4. The zero-order chi connectivity index (χ0) is 11.3. The first kappa shape index (κ1) is 12.6. The van der Waals surface area contributed by atoms with Gasteiger partial charge in [-0.1, -0.05) is 0 Å². The SMILES string of the molecule is CNCCS(=O)(=O)NC(C)c1ccsc1. The van der Waals surface area contributed by atoms with E-state index in [0.29, 0.717) is 6.54 Å². The molecule has 0 fully saturated rings. The fourth-order valence-electron chi connectivity index (χ4n) is 1.15. The standard InChI is InChI=1S/C9H16N2O2S2/c1-8(9-3-5-14-7-9)11-15(12,13)6-4-10-2/h3,5,7-8,10-11H,4,6H2,1-2H3. The van der Waals surface area contributed by atoms with Crippen LogP contribution in [-0.2, 0) is 10.0 Å². The summed E-state index contributed by atoms with van der Waals surface area (Å²) in [6.07, 6.45) is 0. The minimum absolute atomic E-state index is 0.109. The van der Waals surface area contributed by atoms with Gasteiger partial charge in [0, 0.05) is 12.6 Å². The van der Waals surface area contributed by atoms with E-state index >= 15 is 0 Å². The molecular weight excluding hydrogens is 232 g/mol. The summed E-state index contributed by atoms with van der Waals surface area (Å²) in [4.78, 5) is 0. The van der Waals surface area contributed by atoms with Crippen molar-refractivity contribution in [2.45, 2.75) is 13.0 Å². The van der Waals surface area contributed by atoms with Crippen molar-refractivity contribution in [2.24, 2.45) is 0 Å². The second-order valence-corrected chi connectivity index (χ2v) is 5.97. The molecule has 15 heavy (non-hydrogen) atoms. The Morgan fingerprint density at radius 3 is 2.80 bits per heavy atom. The van der Waals surface area contributed by atoms with Gasteiger partial charge in [0.25, 0.3) is 0 Å². The molecule has 1 aromatic heterocycles. The molecule has 0 aliphatic rings. The van der Waals surface area contributed by atoms with E-state index < -0.39 is 10.0 Å². The minimum atomic E-state index is -3.18. The number of rotatable bonds is 6. The monoisotopic (exact) mass is 248 g/mol.